The number of hydrogen-bond donors (Lipinski definition) is 4. The lowest BCUT2D eigenvalue weighted by molar-refractivity contribution is 0.102. The van der Waals surface area contributed by atoms with Crippen molar-refractivity contribution in [3.63, 3.8) is 0 Å². The molecule has 5 N–H and O–H groups in total. The van der Waals surface area contributed by atoms with E-state index in [0.29, 0.717) is 30.0 Å². The number of hydrogen-bond acceptors (Lipinski definition) is 4. The molecule has 1 aliphatic rings. The molecule has 1 saturated heterocycles. The van der Waals surface area contributed by atoms with Crippen LogP contribution in [0.5, 0.6) is 0 Å². The molecular weight excluding hydrogens is 344 g/mol. The number of ether oxygens (including phenoxy) is 1. The summed E-state index contributed by atoms with van der Waals surface area (Å²) < 4.78 is 5.47. The Hall–Kier alpha value is -2.90. The van der Waals surface area contributed by atoms with Crippen molar-refractivity contribution >= 4 is 23.3 Å². The average molecular weight is 368 g/mol. The van der Waals surface area contributed by atoms with Gasteiger partial charge in [0.1, 0.15) is 0 Å². The van der Waals surface area contributed by atoms with Gasteiger partial charge in [-0.1, -0.05) is 12.1 Å². The monoisotopic (exact) mass is 368 g/mol. The van der Waals surface area contributed by atoms with Crippen LogP contribution in [-0.2, 0) is 11.3 Å². The average Bonchev–Trinajstić information content (AvgIpc) is 3.21. The summed E-state index contributed by atoms with van der Waals surface area (Å²) >= 11 is 0. The highest BCUT2D eigenvalue weighted by atomic mass is 16.5. The second kappa shape index (κ2) is 9.16. The Balaban J connectivity index is 1.48. The Morgan fingerprint density at radius 3 is 2.26 bits per heavy atom. The van der Waals surface area contributed by atoms with Gasteiger partial charge in [0, 0.05) is 36.6 Å². The molecule has 0 aromatic heterocycles. The third kappa shape index (κ3) is 5.54. The van der Waals surface area contributed by atoms with Gasteiger partial charge in [0.2, 0.25) is 0 Å². The van der Waals surface area contributed by atoms with Crippen molar-refractivity contribution in [1.82, 2.24) is 5.32 Å². The van der Waals surface area contributed by atoms with E-state index in [-0.39, 0.29) is 18.0 Å². The van der Waals surface area contributed by atoms with Crippen LogP contribution in [0.4, 0.5) is 16.2 Å². The fourth-order valence-corrected chi connectivity index (χ4v) is 2.82. The van der Waals surface area contributed by atoms with Crippen molar-refractivity contribution in [2.75, 3.05) is 23.8 Å². The molecule has 27 heavy (non-hydrogen) atoms. The molecule has 2 aromatic rings. The molecule has 1 heterocycles. The van der Waals surface area contributed by atoms with Gasteiger partial charge in [0.05, 0.1) is 6.10 Å². The van der Waals surface area contributed by atoms with Gasteiger partial charge >= 0.3 is 6.03 Å². The number of nitrogens with one attached hydrogen (secondary N) is 3. The first-order chi connectivity index (χ1) is 13.1. The van der Waals surface area contributed by atoms with Crippen molar-refractivity contribution in [2.24, 2.45) is 5.73 Å². The molecule has 7 heteroatoms. The predicted molar refractivity (Wildman–Crippen MR) is 105 cm³/mol. The Kier molecular flexibility index (Phi) is 6.40. The second-order valence-corrected chi connectivity index (χ2v) is 6.40. The first-order valence-electron chi connectivity index (χ1n) is 9.01. The maximum absolute atomic E-state index is 12.3. The van der Waals surface area contributed by atoms with Crippen LogP contribution in [-0.4, -0.2) is 31.2 Å². The van der Waals surface area contributed by atoms with E-state index in [1.807, 2.05) is 12.1 Å². The van der Waals surface area contributed by atoms with Gasteiger partial charge in [-0.25, -0.2) is 4.79 Å². The summed E-state index contributed by atoms with van der Waals surface area (Å²) in [7, 11) is 0. The summed E-state index contributed by atoms with van der Waals surface area (Å²) in [5.74, 6) is -0.200. The number of carbonyl (C=O) groups excluding carboxylic acids is 2. The van der Waals surface area contributed by atoms with E-state index in [1.165, 1.54) is 0 Å². The first-order valence-corrected chi connectivity index (χ1v) is 9.01. The van der Waals surface area contributed by atoms with Gasteiger partial charge in [-0.2, -0.15) is 0 Å². The fourth-order valence-electron chi connectivity index (χ4n) is 2.82. The lowest BCUT2D eigenvalue weighted by atomic mass is 10.1. The van der Waals surface area contributed by atoms with E-state index in [9.17, 15) is 9.59 Å². The molecule has 1 fully saturated rings. The van der Waals surface area contributed by atoms with Crippen LogP contribution in [0.1, 0.15) is 28.8 Å². The van der Waals surface area contributed by atoms with E-state index in [4.69, 9.17) is 10.5 Å². The number of rotatable bonds is 6. The number of anilines is 2. The van der Waals surface area contributed by atoms with Gasteiger partial charge in [0.15, 0.2) is 0 Å². The number of nitrogens with two attached hydrogens (primary N) is 1. The smallest absolute Gasteiger partial charge is 0.319 e. The first kappa shape index (κ1) is 18.9. The van der Waals surface area contributed by atoms with Crippen LogP contribution in [0.15, 0.2) is 48.5 Å². The molecule has 1 aliphatic heterocycles. The number of carbonyl (C=O) groups is 2. The van der Waals surface area contributed by atoms with E-state index in [2.05, 4.69) is 16.0 Å². The summed E-state index contributed by atoms with van der Waals surface area (Å²) in [6.45, 7) is 1.71. The maximum Gasteiger partial charge on any atom is 0.319 e. The van der Waals surface area contributed by atoms with Crippen LogP contribution in [0.2, 0.25) is 0 Å². The summed E-state index contributed by atoms with van der Waals surface area (Å²) in [6, 6.07) is 13.8. The van der Waals surface area contributed by atoms with Gasteiger partial charge in [-0.3, -0.25) is 4.79 Å². The van der Waals surface area contributed by atoms with Gasteiger partial charge < -0.3 is 26.4 Å². The third-order valence-corrected chi connectivity index (χ3v) is 4.37. The lowest BCUT2D eigenvalue weighted by Crippen LogP contribution is -2.35. The molecule has 3 rings (SSSR count). The minimum absolute atomic E-state index is 0.104. The van der Waals surface area contributed by atoms with Crippen LogP contribution >= 0.6 is 0 Å². The number of benzene rings is 2. The maximum atomic E-state index is 12.3. The van der Waals surface area contributed by atoms with Gasteiger partial charge in [-0.15, -0.1) is 0 Å². The zero-order valence-electron chi connectivity index (χ0n) is 15.0. The van der Waals surface area contributed by atoms with E-state index >= 15 is 0 Å². The highest BCUT2D eigenvalue weighted by Gasteiger charge is 2.16. The minimum Gasteiger partial charge on any atom is -0.376 e. The molecule has 1 unspecified atom stereocenters. The summed E-state index contributed by atoms with van der Waals surface area (Å²) in [4.78, 5) is 24.2. The second-order valence-electron chi connectivity index (χ2n) is 6.40. The van der Waals surface area contributed by atoms with Crippen molar-refractivity contribution in [3.8, 4) is 0 Å². The molecule has 0 saturated carbocycles. The molecule has 142 valence electrons. The van der Waals surface area contributed by atoms with E-state index in [0.717, 1.165) is 25.0 Å². The summed E-state index contributed by atoms with van der Waals surface area (Å²) in [5.41, 5.74) is 8.38. The lowest BCUT2D eigenvalue weighted by Gasteiger charge is -2.12. The molecular formula is C20H24N4O3. The molecule has 2 aromatic carbocycles. The van der Waals surface area contributed by atoms with Crippen LogP contribution < -0.4 is 21.7 Å². The Labute approximate surface area is 158 Å². The Morgan fingerprint density at radius 2 is 1.67 bits per heavy atom. The Bertz CT molecular complexity index is 769. The summed E-state index contributed by atoms with van der Waals surface area (Å²) in [5, 5.41) is 8.38. The zero-order valence-corrected chi connectivity index (χ0v) is 15.0. The fraction of sp³-hybridized carbons (Fsp3) is 0.300. The molecule has 1 atom stereocenters. The normalized spacial score (nSPS) is 16.0. The molecule has 0 spiro atoms. The van der Waals surface area contributed by atoms with Gasteiger partial charge in [-0.05, 0) is 54.8 Å². The molecule has 0 aliphatic carbocycles. The van der Waals surface area contributed by atoms with Crippen molar-refractivity contribution in [2.45, 2.75) is 25.5 Å². The van der Waals surface area contributed by atoms with Gasteiger partial charge in [0.25, 0.3) is 5.91 Å². The van der Waals surface area contributed by atoms with Crippen LogP contribution in [0.3, 0.4) is 0 Å². The summed E-state index contributed by atoms with van der Waals surface area (Å²) in [6.07, 6.45) is 2.12. The topological polar surface area (TPSA) is 105 Å². The molecule has 3 amide bonds. The van der Waals surface area contributed by atoms with Crippen molar-refractivity contribution < 1.29 is 14.3 Å². The molecule has 0 radical (unpaired) electrons. The van der Waals surface area contributed by atoms with Crippen LogP contribution in [0, 0.1) is 0 Å². The standard InChI is InChI=1S/C20H24N4O3/c21-12-14-3-5-15(6-4-14)19(25)23-16-7-9-17(10-8-16)24-20(26)22-13-18-2-1-11-27-18/h3-10,18H,1-2,11-13,21H2,(H,23,25)(H2,22,24,26). The largest absolute Gasteiger partial charge is 0.376 e. The quantitative estimate of drug-likeness (QED) is 0.629. The molecule has 0 bridgehead atoms. The van der Waals surface area contributed by atoms with E-state index in [1.54, 1.807) is 36.4 Å². The highest BCUT2D eigenvalue weighted by molar-refractivity contribution is 6.04. The number of amides is 3. The molecule has 7 nitrogen and oxygen atoms in total. The SMILES string of the molecule is NCc1ccc(C(=O)Nc2ccc(NC(=O)NCC3CCCO3)cc2)cc1. The van der Waals surface area contributed by atoms with Crippen LogP contribution in [0.25, 0.3) is 0 Å². The highest BCUT2D eigenvalue weighted by Crippen LogP contribution is 2.15. The van der Waals surface area contributed by atoms with E-state index < -0.39 is 0 Å². The zero-order chi connectivity index (χ0) is 19.1. The Morgan fingerprint density at radius 1 is 1.00 bits per heavy atom. The predicted octanol–water partition coefficient (Wildman–Crippen LogP) is 2.70. The third-order valence-electron chi connectivity index (χ3n) is 4.37. The number of urea groups is 1. The van der Waals surface area contributed by atoms with Crippen molar-refractivity contribution in [3.05, 3.63) is 59.7 Å². The van der Waals surface area contributed by atoms with Crippen molar-refractivity contribution in [1.29, 1.82) is 0 Å². The minimum atomic E-state index is -0.276.